The van der Waals surface area contributed by atoms with Gasteiger partial charge in [0.05, 0.1) is 6.04 Å². The molecule has 17 heteroatoms. The van der Waals surface area contributed by atoms with Gasteiger partial charge in [-0.15, -0.1) is 0 Å². The number of nitrogens with one attached hydrogen (secondary N) is 4. The Labute approximate surface area is 238 Å². The average molecular weight is 589 g/mol. The van der Waals surface area contributed by atoms with Crippen LogP contribution in [0.15, 0.2) is 29.1 Å². The number of carbonyl (C=O) groups is 5. The molecular weight excluding hydrogens is 556 g/mol. The standard InChI is InChI=1S/C25H32N8O9/c1-33-14(11-29-20-19(33)22(38)32-25(27)31-20)10-28-13-4-2-12(3-5-13)21(37)30-16(23(39)40)7-9-18(36)42-24(41)15(26)6-8-17(34)35/h2-5,14-16,28H,6-11,26H2,1H3,(H,30,37)(H,34,35)(H,39,40)(H4,27,29,31,32,38)/t14?,15-,16-/m0/s1. The van der Waals surface area contributed by atoms with E-state index < -0.39 is 54.7 Å². The van der Waals surface area contributed by atoms with Gasteiger partial charge in [0.15, 0.2) is 5.82 Å². The Bertz CT molecular complexity index is 1400. The third-order valence-electron chi connectivity index (χ3n) is 6.43. The van der Waals surface area contributed by atoms with Crippen molar-refractivity contribution in [1.82, 2.24) is 15.3 Å². The van der Waals surface area contributed by atoms with Crippen LogP contribution in [0, 0.1) is 0 Å². The van der Waals surface area contributed by atoms with E-state index in [-0.39, 0.29) is 36.0 Å². The zero-order valence-corrected chi connectivity index (χ0v) is 22.6. The van der Waals surface area contributed by atoms with E-state index in [1.54, 1.807) is 24.1 Å². The molecule has 1 amide bonds. The minimum absolute atomic E-state index is 0.0148. The monoisotopic (exact) mass is 588 g/mol. The summed E-state index contributed by atoms with van der Waals surface area (Å²) in [5.74, 6) is -5.05. The Morgan fingerprint density at radius 1 is 1.14 bits per heavy atom. The smallest absolute Gasteiger partial charge is 0.330 e. The van der Waals surface area contributed by atoms with Crippen molar-refractivity contribution in [1.29, 1.82) is 0 Å². The average Bonchev–Trinajstić information content (AvgIpc) is 2.93. The first-order chi connectivity index (χ1) is 19.8. The second kappa shape index (κ2) is 13.9. The van der Waals surface area contributed by atoms with Crippen molar-refractivity contribution in [2.24, 2.45) is 5.73 Å². The van der Waals surface area contributed by atoms with Crippen molar-refractivity contribution in [3.8, 4) is 0 Å². The number of rotatable bonds is 13. The number of fused-ring (bicyclic) bond motifs is 1. The van der Waals surface area contributed by atoms with Gasteiger partial charge in [-0.1, -0.05) is 0 Å². The molecule has 1 aromatic heterocycles. The summed E-state index contributed by atoms with van der Waals surface area (Å²) >= 11 is 0. The Hall–Kier alpha value is -5.19. The lowest BCUT2D eigenvalue weighted by atomic mass is 10.1. The number of hydrogen-bond acceptors (Lipinski definition) is 13. The summed E-state index contributed by atoms with van der Waals surface area (Å²) in [5, 5.41) is 26.7. The highest BCUT2D eigenvalue weighted by molar-refractivity contribution is 5.97. The number of carbonyl (C=O) groups excluding carboxylic acids is 3. The van der Waals surface area contributed by atoms with Crippen molar-refractivity contribution in [3.63, 3.8) is 0 Å². The maximum Gasteiger partial charge on any atom is 0.330 e. The number of carboxylic acids is 2. The van der Waals surface area contributed by atoms with Crippen LogP contribution in [0.1, 0.15) is 36.0 Å². The molecule has 42 heavy (non-hydrogen) atoms. The van der Waals surface area contributed by atoms with Gasteiger partial charge in [-0.25, -0.2) is 9.59 Å². The number of hydrogen-bond donors (Lipinski definition) is 8. The number of amides is 1. The molecule has 17 nitrogen and oxygen atoms in total. The molecule has 226 valence electrons. The molecule has 1 unspecified atom stereocenters. The largest absolute Gasteiger partial charge is 0.481 e. The number of likely N-dealkylation sites (N-methyl/N-ethyl adjacent to an activating group) is 1. The van der Waals surface area contributed by atoms with E-state index in [2.05, 4.69) is 30.7 Å². The molecule has 1 aliphatic heterocycles. The highest BCUT2D eigenvalue weighted by Crippen LogP contribution is 2.25. The first kappa shape index (κ1) is 31.3. The molecule has 0 bridgehead atoms. The quantitative estimate of drug-likeness (QED) is 0.102. The summed E-state index contributed by atoms with van der Waals surface area (Å²) in [5.41, 5.74) is 11.9. The highest BCUT2D eigenvalue weighted by atomic mass is 16.6. The van der Waals surface area contributed by atoms with Gasteiger partial charge in [0.2, 0.25) is 5.95 Å². The maximum absolute atomic E-state index is 12.6. The van der Waals surface area contributed by atoms with Crippen LogP contribution in [-0.4, -0.2) is 88.2 Å². The molecule has 1 aliphatic rings. The van der Waals surface area contributed by atoms with Gasteiger partial charge < -0.3 is 47.3 Å². The van der Waals surface area contributed by atoms with Crippen molar-refractivity contribution in [3.05, 3.63) is 40.2 Å². The number of nitrogen functional groups attached to an aromatic ring is 1. The van der Waals surface area contributed by atoms with Crippen LogP contribution in [0.25, 0.3) is 0 Å². The predicted molar refractivity (Wildman–Crippen MR) is 149 cm³/mol. The summed E-state index contributed by atoms with van der Waals surface area (Å²) in [6.07, 6.45) is -1.51. The van der Waals surface area contributed by atoms with Gasteiger partial charge in [0, 0.05) is 44.2 Å². The van der Waals surface area contributed by atoms with Crippen LogP contribution in [0.4, 0.5) is 23.1 Å². The molecule has 2 heterocycles. The number of H-pyrrole nitrogens is 1. The van der Waals surface area contributed by atoms with E-state index in [4.69, 9.17) is 16.6 Å². The molecule has 0 aliphatic carbocycles. The summed E-state index contributed by atoms with van der Waals surface area (Å²) in [6.45, 7) is 0.922. The number of esters is 2. The van der Waals surface area contributed by atoms with Crippen molar-refractivity contribution in [2.75, 3.05) is 41.4 Å². The molecule has 0 saturated heterocycles. The number of nitrogens with two attached hydrogens (primary N) is 2. The second-order valence-electron chi connectivity index (χ2n) is 9.49. The van der Waals surface area contributed by atoms with Crippen molar-refractivity contribution >= 4 is 52.9 Å². The second-order valence-corrected chi connectivity index (χ2v) is 9.49. The van der Waals surface area contributed by atoms with Gasteiger partial charge in [-0.2, -0.15) is 4.98 Å². The lowest BCUT2D eigenvalue weighted by Crippen LogP contribution is -2.48. The van der Waals surface area contributed by atoms with Crippen LogP contribution in [0.2, 0.25) is 0 Å². The Morgan fingerprint density at radius 3 is 2.48 bits per heavy atom. The van der Waals surface area contributed by atoms with E-state index in [1.807, 2.05) is 0 Å². The number of carboxylic acid groups (broad SMARTS) is 2. The van der Waals surface area contributed by atoms with Crippen LogP contribution >= 0.6 is 0 Å². The number of nitrogens with zero attached hydrogens (tertiary/aromatic N) is 2. The van der Waals surface area contributed by atoms with Gasteiger partial charge in [-0.3, -0.25) is 24.2 Å². The molecule has 3 rings (SSSR count). The topological polar surface area (TPSA) is 272 Å². The number of benzene rings is 1. The molecule has 1 aromatic carbocycles. The minimum atomic E-state index is -1.45. The Balaban J connectivity index is 1.49. The summed E-state index contributed by atoms with van der Waals surface area (Å²) in [6, 6.07) is 3.32. The Kier molecular flexibility index (Phi) is 10.4. The van der Waals surface area contributed by atoms with Gasteiger partial charge in [0.1, 0.15) is 17.8 Å². The molecule has 0 radical (unpaired) electrons. The van der Waals surface area contributed by atoms with E-state index >= 15 is 0 Å². The number of aliphatic carboxylic acids is 2. The minimum Gasteiger partial charge on any atom is -0.481 e. The van der Waals surface area contributed by atoms with Gasteiger partial charge in [-0.05, 0) is 37.1 Å². The molecule has 2 aromatic rings. The van der Waals surface area contributed by atoms with E-state index in [9.17, 15) is 33.9 Å². The number of anilines is 4. The first-order valence-corrected chi connectivity index (χ1v) is 12.8. The molecular formula is C25H32N8O9. The third-order valence-corrected chi connectivity index (χ3v) is 6.43. The summed E-state index contributed by atoms with van der Waals surface area (Å²) < 4.78 is 4.54. The molecule has 0 spiro atoms. The SMILES string of the molecule is CN1c2c(nc(N)[nH]c2=O)NCC1CNc1ccc(C(=O)N[C@@H](CCC(=O)OC(=O)[C@@H](N)CCC(=O)O)C(=O)O)cc1. The van der Waals surface area contributed by atoms with E-state index in [0.717, 1.165) is 0 Å². The van der Waals surface area contributed by atoms with Gasteiger partial charge in [0.25, 0.3) is 11.5 Å². The summed E-state index contributed by atoms with van der Waals surface area (Å²) in [7, 11) is 1.76. The van der Waals surface area contributed by atoms with Gasteiger partial charge >= 0.3 is 23.9 Å². The van der Waals surface area contributed by atoms with Crippen LogP contribution in [-0.2, 0) is 23.9 Å². The highest BCUT2D eigenvalue weighted by Gasteiger charge is 2.27. The van der Waals surface area contributed by atoms with Crippen molar-refractivity contribution < 1.29 is 38.9 Å². The lowest BCUT2D eigenvalue weighted by molar-refractivity contribution is -0.160. The molecule has 3 atom stereocenters. The summed E-state index contributed by atoms with van der Waals surface area (Å²) in [4.78, 5) is 79.2. The normalized spacial score (nSPS) is 15.4. The first-order valence-electron chi connectivity index (χ1n) is 12.8. The molecule has 10 N–H and O–H groups in total. The molecule has 0 saturated carbocycles. The number of aromatic nitrogens is 2. The maximum atomic E-state index is 12.6. The van der Waals surface area contributed by atoms with Crippen LogP contribution < -0.4 is 37.9 Å². The van der Waals surface area contributed by atoms with E-state index in [1.165, 1.54) is 12.1 Å². The third kappa shape index (κ3) is 8.40. The zero-order chi connectivity index (χ0) is 31.0. The number of aromatic amines is 1. The van der Waals surface area contributed by atoms with Crippen molar-refractivity contribution in [2.45, 2.75) is 43.8 Å². The predicted octanol–water partition coefficient (Wildman–Crippen LogP) is -1.08. The number of ether oxygens (including phenoxy) is 1. The Morgan fingerprint density at radius 2 is 1.83 bits per heavy atom. The van der Waals surface area contributed by atoms with Crippen LogP contribution in [0.5, 0.6) is 0 Å². The fourth-order valence-corrected chi connectivity index (χ4v) is 4.05. The van der Waals surface area contributed by atoms with E-state index in [0.29, 0.717) is 30.3 Å². The zero-order valence-electron chi connectivity index (χ0n) is 22.6. The molecule has 0 fully saturated rings. The van der Waals surface area contributed by atoms with Crippen LogP contribution in [0.3, 0.4) is 0 Å². The lowest BCUT2D eigenvalue weighted by Gasteiger charge is -2.35. The fraction of sp³-hybridized carbons (Fsp3) is 0.400. The fourth-order valence-electron chi connectivity index (χ4n) is 4.05.